The lowest BCUT2D eigenvalue weighted by atomic mass is 10.1. The number of hydrogen-bond acceptors (Lipinski definition) is 4. The summed E-state index contributed by atoms with van der Waals surface area (Å²) in [6.45, 7) is 1.75. The molecule has 21 heavy (non-hydrogen) atoms. The van der Waals surface area contributed by atoms with Crippen LogP contribution in [0.1, 0.15) is 11.1 Å². The zero-order chi connectivity index (χ0) is 15.6. The topological polar surface area (TPSA) is 96.0 Å². The summed E-state index contributed by atoms with van der Waals surface area (Å²) in [5, 5.41) is 9.17. The summed E-state index contributed by atoms with van der Waals surface area (Å²) < 4.78 is 27.1. The van der Waals surface area contributed by atoms with Crippen LogP contribution in [0, 0.1) is 18.3 Å². The Morgan fingerprint density at radius 1 is 1.24 bits per heavy atom. The molecule has 5 nitrogen and oxygen atoms in total. The fourth-order valence-corrected chi connectivity index (χ4v) is 2.97. The fraction of sp³-hybridized carbons (Fsp3) is 0.0714. The van der Waals surface area contributed by atoms with E-state index in [-0.39, 0.29) is 15.6 Å². The maximum atomic E-state index is 12.3. The number of nitriles is 1. The molecule has 0 aromatic heterocycles. The van der Waals surface area contributed by atoms with E-state index in [0.717, 1.165) is 0 Å². The van der Waals surface area contributed by atoms with E-state index in [9.17, 15) is 8.42 Å². The normalized spacial score (nSPS) is 10.9. The second kappa shape index (κ2) is 5.64. The van der Waals surface area contributed by atoms with Crippen LogP contribution in [0.25, 0.3) is 0 Å². The number of hydrogen-bond donors (Lipinski definition) is 2. The smallest absolute Gasteiger partial charge is 0.261 e. The van der Waals surface area contributed by atoms with Crippen molar-refractivity contribution in [1.29, 1.82) is 5.26 Å². The molecule has 0 spiro atoms. The van der Waals surface area contributed by atoms with Gasteiger partial charge in [0.25, 0.3) is 10.0 Å². The molecule has 2 aromatic rings. The van der Waals surface area contributed by atoms with E-state index < -0.39 is 10.0 Å². The Bertz CT molecular complexity index is 842. The Labute approximate surface area is 128 Å². The number of nitrogens with zero attached hydrogens (tertiary/aromatic N) is 1. The summed E-state index contributed by atoms with van der Waals surface area (Å²) >= 11 is 5.78. The van der Waals surface area contributed by atoms with Gasteiger partial charge in [0.05, 0.1) is 32.9 Å². The first-order valence-corrected chi connectivity index (χ1v) is 7.78. The minimum Gasteiger partial charge on any atom is -0.397 e. The molecule has 0 radical (unpaired) electrons. The maximum absolute atomic E-state index is 12.3. The predicted octanol–water partition coefficient (Wildman–Crippen LogP) is 2.90. The number of nitrogens with one attached hydrogen (secondary N) is 1. The van der Waals surface area contributed by atoms with E-state index in [1.807, 2.05) is 6.07 Å². The first kappa shape index (κ1) is 15.2. The summed E-state index contributed by atoms with van der Waals surface area (Å²) in [7, 11) is -3.80. The minimum absolute atomic E-state index is 0.00570. The van der Waals surface area contributed by atoms with E-state index in [2.05, 4.69) is 4.72 Å². The lowest BCUT2D eigenvalue weighted by Gasteiger charge is -2.11. The molecule has 0 unspecified atom stereocenters. The van der Waals surface area contributed by atoms with Gasteiger partial charge in [-0.15, -0.1) is 0 Å². The minimum atomic E-state index is -3.80. The molecule has 0 amide bonds. The molecule has 0 bridgehead atoms. The zero-order valence-electron chi connectivity index (χ0n) is 11.1. The molecular formula is C14H12ClN3O2S. The SMILES string of the molecule is Cc1ccc(C#N)cc1NS(=O)(=O)c1ccc(Cl)c(N)c1. The summed E-state index contributed by atoms with van der Waals surface area (Å²) in [6.07, 6.45) is 0. The lowest BCUT2D eigenvalue weighted by molar-refractivity contribution is 0.601. The van der Waals surface area contributed by atoms with Crippen LogP contribution in [0.3, 0.4) is 0 Å². The molecule has 7 heteroatoms. The number of aryl methyl sites for hydroxylation is 1. The quantitative estimate of drug-likeness (QED) is 0.849. The van der Waals surface area contributed by atoms with Gasteiger partial charge in [-0.3, -0.25) is 4.72 Å². The van der Waals surface area contributed by atoms with Gasteiger partial charge in [0, 0.05) is 0 Å². The molecule has 0 saturated heterocycles. The van der Waals surface area contributed by atoms with Crippen LogP contribution in [-0.4, -0.2) is 8.42 Å². The van der Waals surface area contributed by atoms with Crippen LogP contribution in [0.5, 0.6) is 0 Å². The summed E-state index contributed by atoms with van der Waals surface area (Å²) in [6, 6.07) is 10.8. The number of nitrogens with two attached hydrogens (primary N) is 1. The van der Waals surface area contributed by atoms with Gasteiger partial charge in [-0.1, -0.05) is 17.7 Å². The van der Waals surface area contributed by atoms with Crippen LogP contribution >= 0.6 is 11.6 Å². The van der Waals surface area contributed by atoms with E-state index in [4.69, 9.17) is 22.6 Å². The number of rotatable bonds is 3. The highest BCUT2D eigenvalue weighted by atomic mass is 35.5. The summed E-state index contributed by atoms with van der Waals surface area (Å²) in [4.78, 5) is 0.00570. The Balaban J connectivity index is 2.42. The second-order valence-corrected chi connectivity index (χ2v) is 6.52. The number of nitrogen functional groups attached to an aromatic ring is 1. The van der Waals surface area contributed by atoms with Crippen molar-refractivity contribution >= 4 is 33.0 Å². The van der Waals surface area contributed by atoms with Crippen molar-refractivity contribution in [3.8, 4) is 6.07 Å². The van der Waals surface area contributed by atoms with Crippen molar-refractivity contribution in [2.45, 2.75) is 11.8 Å². The standard InChI is InChI=1S/C14H12ClN3O2S/c1-9-2-3-10(8-16)6-14(9)18-21(19,20)11-4-5-12(15)13(17)7-11/h2-7,18H,17H2,1H3. The first-order valence-electron chi connectivity index (χ1n) is 5.92. The van der Waals surface area contributed by atoms with Crippen LogP contribution < -0.4 is 10.5 Å². The van der Waals surface area contributed by atoms with Gasteiger partial charge in [-0.2, -0.15) is 5.26 Å². The molecule has 3 N–H and O–H groups in total. The Hall–Kier alpha value is -2.23. The van der Waals surface area contributed by atoms with E-state index >= 15 is 0 Å². The third kappa shape index (κ3) is 3.27. The summed E-state index contributed by atoms with van der Waals surface area (Å²) in [5.74, 6) is 0. The van der Waals surface area contributed by atoms with Gasteiger partial charge >= 0.3 is 0 Å². The van der Waals surface area contributed by atoms with E-state index in [0.29, 0.717) is 16.8 Å². The van der Waals surface area contributed by atoms with E-state index in [1.54, 1.807) is 19.1 Å². The molecule has 0 heterocycles. The van der Waals surface area contributed by atoms with Crippen molar-refractivity contribution in [2.75, 3.05) is 10.5 Å². The molecule has 108 valence electrons. The van der Waals surface area contributed by atoms with Gasteiger partial charge in [-0.05, 0) is 42.8 Å². The Kier molecular flexibility index (Phi) is 4.07. The molecule has 2 aromatic carbocycles. The maximum Gasteiger partial charge on any atom is 0.261 e. The van der Waals surface area contributed by atoms with Gasteiger partial charge in [0.2, 0.25) is 0 Å². The number of anilines is 2. The average Bonchev–Trinajstić information content (AvgIpc) is 2.44. The van der Waals surface area contributed by atoms with Crippen molar-refractivity contribution < 1.29 is 8.42 Å². The number of halogens is 1. The van der Waals surface area contributed by atoms with Crippen LogP contribution in [0.15, 0.2) is 41.3 Å². The van der Waals surface area contributed by atoms with Crippen LogP contribution in [0.4, 0.5) is 11.4 Å². The highest BCUT2D eigenvalue weighted by molar-refractivity contribution is 7.92. The molecule has 0 aliphatic heterocycles. The van der Waals surface area contributed by atoms with Crippen molar-refractivity contribution in [3.05, 3.63) is 52.5 Å². The highest BCUT2D eigenvalue weighted by Gasteiger charge is 2.16. The van der Waals surface area contributed by atoms with Crippen LogP contribution in [0.2, 0.25) is 5.02 Å². The van der Waals surface area contributed by atoms with Crippen molar-refractivity contribution in [2.24, 2.45) is 0 Å². The molecule has 0 atom stereocenters. The van der Waals surface area contributed by atoms with Crippen molar-refractivity contribution in [3.63, 3.8) is 0 Å². The number of sulfonamides is 1. The molecule has 0 aliphatic rings. The van der Waals surface area contributed by atoms with Gasteiger partial charge in [-0.25, -0.2) is 8.42 Å². The Morgan fingerprint density at radius 2 is 1.95 bits per heavy atom. The average molecular weight is 322 g/mol. The van der Waals surface area contributed by atoms with Crippen LogP contribution in [-0.2, 0) is 10.0 Å². The van der Waals surface area contributed by atoms with Crippen molar-refractivity contribution in [1.82, 2.24) is 0 Å². The molecular weight excluding hydrogens is 310 g/mol. The largest absolute Gasteiger partial charge is 0.397 e. The molecule has 2 rings (SSSR count). The third-order valence-corrected chi connectivity index (χ3v) is 4.60. The lowest BCUT2D eigenvalue weighted by Crippen LogP contribution is -2.14. The third-order valence-electron chi connectivity index (χ3n) is 2.89. The molecule has 0 saturated carbocycles. The summed E-state index contributed by atoms with van der Waals surface area (Å²) in [5.41, 5.74) is 7.23. The monoisotopic (exact) mass is 321 g/mol. The highest BCUT2D eigenvalue weighted by Crippen LogP contribution is 2.25. The van der Waals surface area contributed by atoms with Gasteiger partial charge in [0.1, 0.15) is 0 Å². The second-order valence-electron chi connectivity index (χ2n) is 4.43. The number of benzene rings is 2. The van der Waals surface area contributed by atoms with E-state index in [1.165, 1.54) is 24.3 Å². The molecule has 0 fully saturated rings. The fourth-order valence-electron chi connectivity index (χ4n) is 1.69. The first-order chi connectivity index (χ1) is 9.83. The zero-order valence-corrected chi connectivity index (χ0v) is 12.7. The van der Waals surface area contributed by atoms with Gasteiger partial charge < -0.3 is 5.73 Å². The predicted molar refractivity (Wildman–Crippen MR) is 82.6 cm³/mol. The molecule has 0 aliphatic carbocycles. The van der Waals surface area contributed by atoms with Gasteiger partial charge in [0.15, 0.2) is 0 Å². The Morgan fingerprint density at radius 3 is 2.57 bits per heavy atom.